The number of nitrogens with zero attached hydrogens (tertiary/aromatic N) is 2. The second-order valence-corrected chi connectivity index (χ2v) is 5.33. The van der Waals surface area contributed by atoms with Crippen molar-refractivity contribution >= 4 is 0 Å². The molecule has 0 atom stereocenters. The molecule has 0 radical (unpaired) electrons. The van der Waals surface area contributed by atoms with E-state index in [2.05, 4.69) is 16.4 Å². The molecule has 0 saturated carbocycles. The van der Waals surface area contributed by atoms with Crippen LogP contribution in [0.15, 0.2) is 6.07 Å². The highest BCUT2D eigenvalue weighted by Crippen LogP contribution is 2.27. The third-order valence-corrected chi connectivity index (χ3v) is 3.95. The van der Waals surface area contributed by atoms with E-state index in [-0.39, 0.29) is 6.10 Å². The molecule has 1 aliphatic heterocycles. The van der Waals surface area contributed by atoms with Crippen LogP contribution in [0.3, 0.4) is 0 Å². The number of ether oxygens (including phenoxy) is 1. The van der Waals surface area contributed by atoms with Crippen LogP contribution in [0, 0.1) is 11.3 Å². The van der Waals surface area contributed by atoms with Crippen LogP contribution in [0.2, 0.25) is 0 Å². The molecule has 1 saturated heterocycles. The van der Waals surface area contributed by atoms with Gasteiger partial charge in [-0.3, -0.25) is 0 Å². The average Bonchev–Trinajstić information content (AvgIpc) is 2.47. The third kappa shape index (κ3) is 2.71. The molecule has 1 aromatic rings. The van der Waals surface area contributed by atoms with Crippen LogP contribution in [0.1, 0.15) is 42.5 Å². The molecule has 19 heavy (non-hydrogen) atoms. The van der Waals surface area contributed by atoms with Crippen molar-refractivity contribution in [3.8, 4) is 11.9 Å². The van der Waals surface area contributed by atoms with E-state index < -0.39 is 0 Å². The van der Waals surface area contributed by atoms with Gasteiger partial charge < -0.3 is 10.1 Å². The molecule has 1 fully saturated rings. The van der Waals surface area contributed by atoms with E-state index in [0.717, 1.165) is 44.5 Å². The number of piperidine rings is 1. The van der Waals surface area contributed by atoms with E-state index in [1.54, 1.807) is 0 Å². The van der Waals surface area contributed by atoms with Crippen molar-refractivity contribution in [3.63, 3.8) is 0 Å². The molecule has 1 aromatic heterocycles. The van der Waals surface area contributed by atoms with Gasteiger partial charge in [-0.1, -0.05) is 0 Å². The van der Waals surface area contributed by atoms with E-state index in [0.29, 0.717) is 11.4 Å². The Kier molecular flexibility index (Phi) is 3.65. The normalized spacial score (nSPS) is 19.5. The molecule has 0 aromatic carbocycles. The van der Waals surface area contributed by atoms with Gasteiger partial charge in [0, 0.05) is 5.69 Å². The number of aromatic nitrogens is 1. The first-order valence-electron chi connectivity index (χ1n) is 7.17. The molecule has 0 bridgehead atoms. The number of nitriles is 1. The van der Waals surface area contributed by atoms with Gasteiger partial charge in [-0.05, 0) is 63.2 Å². The number of hydrogen-bond acceptors (Lipinski definition) is 4. The molecule has 3 rings (SSSR count). The second-order valence-electron chi connectivity index (χ2n) is 5.33. The molecule has 4 nitrogen and oxygen atoms in total. The maximum atomic E-state index is 9.27. The summed E-state index contributed by atoms with van der Waals surface area (Å²) in [4.78, 5) is 4.61. The predicted molar refractivity (Wildman–Crippen MR) is 72.1 cm³/mol. The van der Waals surface area contributed by atoms with Gasteiger partial charge in [-0.15, -0.1) is 0 Å². The highest BCUT2D eigenvalue weighted by Gasteiger charge is 2.20. The molecular formula is C15H19N3O. The van der Waals surface area contributed by atoms with Crippen molar-refractivity contribution < 1.29 is 4.74 Å². The van der Waals surface area contributed by atoms with Gasteiger partial charge in [0.15, 0.2) is 0 Å². The summed E-state index contributed by atoms with van der Waals surface area (Å²) in [5.74, 6) is 0.551. The Labute approximate surface area is 113 Å². The monoisotopic (exact) mass is 257 g/mol. The lowest BCUT2D eigenvalue weighted by Crippen LogP contribution is -2.34. The van der Waals surface area contributed by atoms with E-state index >= 15 is 0 Å². The number of fused-ring (bicyclic) bond motifs is 1. The molecule has 4 heteroatoms. The average molecular weight is 257 g/mol. The summed E-state index contributed by atoms with van der Waals surface area (Å²) in [6.45, 7) is 1.97. The number of pyridine rings is 1. The number of nitrogens with one attached hydrogen (secondary N) is 1. The molecular weight excluding hydrogens is 238 g/mol. The van der Waals surface area contributed by atoms with Crippen LogP contribution in [-0.2, 0) is 12.8 Å². The molecule has 1 N–H and O–H groups in total. The second kappa shape index (κ2) is 5.58. The Morgan fingerprint density at radius 1 is 1.26 bits per heavy atom. The quantitative estimate of drug-likeness (QED) is 0.880. The van der Waals surface area contributed by atoms with Gasteiger partial charge in [0.05, 0.1) is 0 Å². The fourth-order valence-electron chi connectivity index (χ4n) is 2.86. The zero-order valence-electron chi connectivity index (χ0n) is 11.1. The van der Waals surface area contributed by atoms with Crippen LogP contribution in [0.4, 0.5) is 0 Å². The van der Waals surface area contributed by atoms with E-state index in [1.165, 1.54) is 18.4 Å². The van der Waals surface area contributed by atoms with Gasteiger partial charge in [0.25, 0.3) is 0 Å². The van der Waals surface area contributed by atoms with Crippen molar-refractivity contribution in [1.29, 1.82) is 5.26 Å². The zero-order valence-corrected chi connectivity index (χ0v) is 11.1. The lowest BCUT2D eigenvalue weighted by atomic mass is 9.95. The van der Waals surface area contributed by atoms with E-state index in [4.69, 9.17) is 4.74 Å². The number of hydrogen-bond donors (Lipinski definition) is 1. The fraction of sp³-hybridized carbons (Fsp3) is 0.600. The van der Waals surface area contributed by atoms with Gasteiger partial charge in [0.2, 0.25) is 5.88 Å². The first-order chi connectivity index (χ1) is 9.36. The van der Waals surface area contributed by atoms with Crippen molar-refractivity contribution in [2.75, 3.05) is 13.1 Å². The molecule has 0 amide bonds. The summed E-state index contributed by atoms with van der Waals surface area (Å²) >= 11 is 0. The molecule has 1 aliphatic carbocycles. The van der Waals surface area contributed by atoms with Crippen LogP contribution in [0.25, 0.3) is 0 Å². The van der Waals surface area contributed by atoms with E-state index in [1.807, 2.05) is 6.07 Å². The molecule has 0 unspecified atom stereocenters. The summed E-state index contributed by atoms with van der Waals surface area (Å²) in [6, 6.07) is 4.22. The lowest BCUT2D eigenvalue weighted by Gasteiger charge is -2.24. The maximum Gasteiger partial charge on any atom is 0.232 e. The van der Waals surface area contributed by atoms with E-state index in [9.17, 15) is 5.26 Å². The molecule has 0 spiro atoms. The zero-order chi connectivity index (χ0) is 13.1. The lowest BCUT2D eigenvalue weighted by molar-refractivity contribution is 0.155. The largest absolute Gasteiger partial charge is 0.473 e. The Morgan fingerprint density at radius 3 is 2.84 bits per heavy atom. The predicted octanol–water partition coefficient (Wildman–Crippen LogP) is 1.96. The highest BCUT2D eigenvalue weighted by atomic mass is 16.5. The molecule has 2 aliphatic rings. The Hall–Kier alpha value is -1.60. The van der Waals surface area contributed by atoms with Gasteiger partial charge >= 0.3 is 0 Å². The van der Waals surface area contributed by atoms with Gasteiger partial charge in [0.1, 0.15) is 17.7 Å². The maximum absolute atomic E-state index is 9.27. The summed E-state index contributed by atoms with van der Waals surface area (Å²) in [6.07, 6.45) is 6.64. The highest BCUT2D eigenvalue weighted by molar-refractivity contribution is 5.43. The van der Waals surface area contributed by atoms with Crippen LogP contribution < -0.4 is 10.1 Å². The fourth-order valence-corrected chi connectivity index (χ4v) is 2.86. The number of aryl methyl sites for hydroxylation is 2. The Balaban J connectivity index is 1.84. The minimum atomic E-state index is 0.197. The van der Waals surface area contributed by atoms with Gasteiger partial charge in [-0.25, -0.2) is 4.98 Å². The summed E-state index contributed by atoms with van der Waals surface area (Å²) in [7, 11) is 0. The van der Waals surface area contributed by atoms with Crippen molar-refractivity contribution in [2.45, 2.75) is 44.6 Å². The number of rotatable bonds is 2. The third-order valence-electron chi connectivity index (χ3n) is 3.95. The minimum absolute atomic E-state index is 0.197. The SMILES string of the molecule is N#Cc1cc2c(nc1OC1CCNCC1)CCCC2. The topological polar surface area (TPSA) is 57.9 Å². The van der Waals surface area contributed by atoms with Crippen LogP contribution in [-0.4, -0.2) is 24.2 Å². The summed E-state index contributed by atoms with van der Waals surface area (Å²) in [5, 5.41) is 12.6. The Morgan fingerprint density at radius 2 is 2.05 bits per heavy atom. The van der Waals surface area contributed by atoms with Crippen LogP contribution in [0.5, 0.6) is 5.88 Å². The summed E-state index contributed by atoms with van der Waals surface area (Å²) < 4.78 is 5.97. The molecule has 100 valence electrons. The standard InChI is InChI=1S/C15H19N3O/c16-10-12-9-11-3-1-2-4-14(11)18-15(12)19-13-5-7-17-8-6-13/h9,13,17H,1-8H2. The molecule has 2 heterocycles. The van der Waals surface area contributed by atoms with Gasteiger partial charge in [-0.2, -0.15) is 5.26 Å². The minimum Gasteiger partial charge on any atom is -0.473 e. The smallest absolute Gasteiger partial charge is 0.232 e. The van der Waals surface area contributed by atoms with Crippen molar-refractivity contribution in [1.82, 2.24) is 10.3 Å². The Bertz CT molecular complexity index is 501. The van der Waals surface area contributed by atoms with Crippen molar-refractivity contribution in [2.24, 2.45) is 0 Å². The van der Waals surface area contributed by atoms with Crippen LogP contribution >= 0.6 is 0 Å². The first kappa shape index (κ1) is 12.4. The first-order valence-corrected chi connectivity index (χ1v) is 7.17. The summed E-state index contributed by atoms with van der Waals surface area (Å²) in [5.41, 5.74) is 2.97. The van der Waals surface area contributed by atoms with Crippen molar-refractivity contribution in [3.05, 3.63) is 22.9 Å².